The van der Waals surface area contributed by atoms with Gasteiger partial charge in [-0.05, 0) is 19.9 Å². The number of carbonyl (C=O) groups excluding carboxylic acids is 1. The largest absolute Gasteiger partial charge is 0.462 e. The number of carbonyl (C=O) groups is 1. The Morgan fingerprint density at radius 2 is 2.27 bits per heavy atom. The molecule has 0 atom stereocenters. The van der Waals surface area contributed by atoms with Gasteiger partial charge in [0.1, 0.15) is 0 Å². The average Bonchev–Trinajstić information content (AvgIpc) is 2.20. The van der Waals surface area contributed by atoms with Crippen LogP contribution in [0, 0.1) is 12.7 Å². The van der Waals surface area contributed by atoms with Crippen LogP contribution in [0.25, 0.3) is 0 Å². The Kier molecular flexibility index (Phi) is 3.68. The zero-order valence-corrected chi connectivity index (χ0v) is 10.0. The van der Waals surface area contributed by atoms with E-state index in [1.165, 1.54) is 6.07 Å². The van der Waals surface area contributed by atoms with Crippen molar-refractivity contribution < 1.29 is 13.9 Å². The molecule has 0 aliphatic heterocycles. The van der Waals surface area contributed by atoms with Gasteiger partial charge in [0.25, 0.3) is 0 Å². The third-order valence-electron chi connectivity index (χ3n) is 1.98. The molecular weight excluding hydrogens is 265 g/mol. The average molecular weight is 276 g/mol. The molecule has 0 aliphatic carbocycles. The van der Waals surface area contributed by atoms with Crippen LogP contribution >= 0.6 is 15.9 Å². The van der Waals surface area contributed by atoms with E-state index < -0.39 is 11.8 Å². The van der Waals surface area contributed by atoms with Gasteiger partial charge < -0.3 is 10.5 Å². The van der Waals surface area contributed by atoms with Gasteiger partial charge in [-0.25, -0.2) is 9.18 Å². The minimum absolute atomic E-state index is 0.0480. The fraction of sp³-hybridized carbons (Fsp3) is 0.300. The molecule has 0 spiro atoms. The van der Waals surface area contributed by atoms with Gasteiger partial charge in [-0.2, -0.15) is 0 Å². The first kappa shape index (κ1) is 12.0. The number of nitrogen functional groups attached to an aromatic ring is 1. The fourth-order valence-electron chi connectivity index (χ4n) is 1.12. The number of hydrogen-bond acceptors (Lipinski definition) is 3. The molecule has 0 bridgehead atoms. The molecule has 0 saturated carbocycles. The normalized spacial score (nSPS) is 10.1. The van der Waals surface area contributed by atoms with Crippen molar-refractivity contribution in [2.75, 3.05) is 12.3 Å². The van der Waals surface area contributed by atoms with E-state index in [4.69, 9.17) is 10.5 Å². The number of esters is 1. The minimum Gasteiger partial charge on any atom is -0.462 e. The molecule has 0 fully saturated rings. The number of nitrogens with two attached hydrogens (primary N) is 1. The maximum atomic E-state index is 13.5. The highest BCUT2D eigenvalue weighted by Gasteiger charge is 2.17. The van der Waals surface area contributed by atoms with Gasteiger partial charge in [0.15, 0.2) is 5.82 Å². The molecule has 0 aromatic heterocycles. The molecule has 0 heterocycles. The molecule has 2 N–H and O–H groups in total. The summed E-state index contributed by atoms with van der Waals surface area (Å²) in [5.74, 6) is -1.21. The van der Waals surface area contributed by atoms with Crippen LogP contribution in [0.2, 0.25) is 0 Å². The Morgan fingerprint density at radius 1 is 1.67 bits per heavy atom. The van der Waals surface area contributed by atoms with Crippen LogP contribution in [0.3, 0.4) is 0 Å². The minimum atomic E-state index is -0.616. The lowest BCUT2D eigenvalue weighted by Gasteiger charge is -2.09. The number of ether oxygens (including phenoxy) is 1. The highest BCUT2D eigenvalue weighted by molar-refractivity contribution is 9.10. The number of rotatable bonds is 2. The summed E-state index contributed by atoms with van der Waals surface area (Å²) >= 11 is 3.15. The molecule has 0 aliphatic rings. The Balaban J connectivity index is 3.26. The van der Waals surface area contributed by atoms with Crippen molar-refractivity contribution in [3.8, 4) is 0 Å². The molecule has 15 heavy (non-hydrogen) atoms. The summed E-state index contributed by atoms with van der Waals surface area (Å²) in [6, 6.07) is 1.46. The summed E-state index contributed by atoms with van der Waals surface area (Å²) in [7, 11) is 0. The van der Waals surface area contributed by atoms with Gasteiger partial charge in [-0.15, -0.1) is 0 Å². The van der Waals surface area contributed by atoms with E-state index in [1.807, 2.05) is 0 Å². The first-order chi connectivity index (χ1) is 6.99. The summed E-state index contributed by atoms with van der Waals surface area (Å²) in [6.07, 6.45) is 0. The smallest absolute Gasteiger partial charge is 0.340 e. The predicted molar refractivity (Wildman–Crippen MR) is 59.2 cm³/mol. The zero-order valence-electron chi connectivity index (χ0n) is 8.43. The molecule has 1 aromatic rings. The van der Waals surface area contributed by atoms with Crippen molar-refractivity contribution in [1.29, 1.82) is 0 Å². The van der Waals surface area contributed by atoms with E-state index in [0.717, 1.165) is 0 Å². The zero-order chi connectivity index (χ0) is 11.6. The molecule has 0 amide bonds. The summed E-state index contributed by atoms with van der Waals surface area (Å²) in [6.45, 7) is 3.48. The van der Waals surface area contributed by atoms with Crippen LogP contribution in [0.15, 0.2) is 10.5 Å². The lowest BCUT2D eigenvalue weighted by Crippen LogP contribution is -2.10. The second-order valence-corrected chi connectivity index (χ2v) is 3.83. The highest BCUT2D eigenvalue weighted by Crippen LogP contribution is 2.27. The SMILES string of the molecule is CCOC(=O)c1cc(Br)c(C)c(F)c1N. The number of hydrogen-bond donors (Lipinski definition) is 1. The molecule has 82 valence electrons. The van der Waals surface area contributed by atoms with E-state index in [0.29, 0.717) is 10.0 Å². The van der Waals surface area contributed by atoms with E-state index in [-0.39, 0.29) is 17.9 Å². The van der Waals surface area contributed by atoms with Crippen LogP contribution in [0.1, 0.15) is 22.8 Å². The van der Waals surface area contributed by atoms with E-state index in [9.17, 15) is 9.18 Å². The second kappa shape index (κ2) is 4.61. The van der Waals surface area contributed by atoms with Crippen molar-refractivity contribution in [3.63, 3.8) is 0 Å². The number of benzene rings is 1. The molecule has 0 unspecified atom stereocenters. The van der Waals surface area contributed by atoms with Gasteiger partial charge in [0.2, 0.25) is 0 Å². The van der Waals surface area contributed by atoms with Crippen LogP contribution in [0.4, 0.5) is 10.1 Å². The van der Waals surface area contributed by atoms with Crippen molar-refractivity contribution in [2.24, 2.45) is 0 Å². The van der Waals surface area contributed by atoms with Crippen LogP contribution in [-0.2, 0) is 4.74 Å². The highest BCUT2D eigenvalue weighted by atomic mass is 79.9. The quantitative estimate of drug-likeness (QED) is 0.667. The van der Waals surface area contributed by atoms with Crippen molar-refractivity contribution in [1.82, 2.24) is 0 Å². The van der Waals surface area contributed by atoms with Crippen molar-refractivity contribution in [2.45, 2.75) is 13.8 Å². The second-order valence-electron chi connectivity index (χ2n) is 2.98. The Hall–Kier alpha value is -1.10. The van der Waals surface area contributed by atoms with Crippen LogP contribution in [0.5, 0.6) is 0 Å². The lowest BCUT2D eigenvalue weighted by atomic mass is 10.1. The Labute approximate surface area is 95.5 Å². The Morgan fingerprint density at radius 3 is 2.80 bits per heavy atom. The summed E-state index contributed by atoms with van der Waals surface area (Å²) in [4.78, 5) is 11.4. The molecular formula is C10H11BrFNO2. The first-order valence-corrected chi connectivity index (χ1v) is 5.19. The van der Waals surface area contributed by atoms with Gasteiger partial charge >= 0.3 is 5.97 Å². The van der Waals surface area contributed by atoms with Crippen molar-refractivity contribution >= 4 is 27.6 Å². The molecule has 1 rings (SSSR count). The maximum Gasteiger partial charge on any atom is 0.340 e. The van der Waals surface area contributed by atoms with Crippen molar-refractivity contribution in [3.05, 3.63) is 27.5 Å². The summed E-state index contributed by atoms with van der Waals surface area (Å²) in [5, 5.41) is 0. The predicted octanol–water partition coefficient (Wildman–Crippen LogP) is 2.66. The third kappa shape index (κ3) is 2.28. The fourth-order valence-corrected chi connectivity index (χ4v) is 1.52. The molecule has 0 saturated heterocycles. The Bertz CT molecular complexity index is 407. The third-order valence-corrected chi connectivity index (χ3v) is 2.80. The van der Waals surface area contributed by atoms with E-state index in [1.54, 1.807) is 13.8 Å². The summed E-state index contributed by atoms with van der Waals surface area (Å²) < 4.78 is 18.7. The van der Waals surface area contributed by atoms with Crippen LogP contribution in [-0.4, -0.2) is 12.6 Å². The maximum absolute atomic E-state index is 13.5. The van der Waals surface area contributed by atoms with Gasteiger partial charge in [-0.1, -0.05) is 15.9 Å². The standard InChI is InChI=1S/C10H11BrFNO2/c1-3-15-10(14)6-4-7(11)5(2)8(12)9(6)13/h4H,3,13H2,1-2H3. The van der Waals surface area contributed by atoms with Crippen LogP contribution < -0.4 is 5.73 Å². The lowest BCUT2D eigenvalue weighted by molar-refractivity contribution is 0.0527. The van der Waals surface area contributed by atoms with E-state index >= 15 is 0 Å². The topological polar surface area (TPSA) is 52.3 Å². The van der Waals surface area contributed by atoms with Gasteiger partial charge in [0.05, 0.1) is 17.9 Å². The molecule has 5 heteroatoms. The molecule has 3 nitrogen and oxygen atoms in total. The molecule has 0 radical (unpaired) electrons. The first-order valence-electron chi connectivity index (χ1n) is 4.40. The summed E-state index contributed by atoms with van der Waals surface area (Å²) in [5.41, 5.74) is 5.74. The molecule has 1 aromatic carbocycles. The van der Waals surface area contributed by atoms with E-state index in [2.05, 4.69) is 15.9 Å². The number of halogens is 2. The van der Waals surface area contributed by atoms with Gasteiger partial charge in [0, 0.05) is 10.0 Å². The monoisotopic (exact) mass is 275 g/mol. The number of anilines is 1. The van der Waals surface area contributed by atoms with Gasteiger partial charge in [-0.3, -0.25) is 0 Å².